The first-order valence-corrected chi connectivity index (χ1v) is 10.5. The minimum absolute atomic E-state index is 0.0320. The molecule has 1 aliphatic heterocycles. The Morgan fingerprint density at radius 3 is 2.54 bits per heavy atom. The number of rotatable bonds is 7. The highest BCUT2D eigenvalue weighted by molar-refractivity contribution is 14.1. The van der Waals surface area contributed by atoms with Crippen LogP contribution in [0.2, 0.25) is 0 Å². The molecule has 1 aliphatic rings. The zero-order valence-corrected chi connectivity index (χ0v) is 19.3. The first-order chi connectivity index (χ1) is 13.2. The standard InChI is InChI=1S/C19H22INO6S/c1-6-10(2)27-16-13(20)7-12(8-14(16)25-4)9-15-17(22)21(19(24)28-15)11(3)18(23)26-5/h7-11H,6H2,1-5H3/b15-9-/t10-,11+/m0/s1. The summed E-state index contributed by atoms with van der Waals surface area (Å²) in [5.74, 6) is 0.00995. The van der Waals surface area contributed by atoms with Crippen LogP contribution in [-0.4, -0.2) is 48.4 Å². The molecule has 0 N–H and O–H groups in total. The maximum atomic E-state index is 12.6. The van der Waals surface area contributed by atoms with Crippen LogP contribution in [0.4, 0.5) is 4.79 Å². The Bertz CT molecular complexity index is 825. The maximum Gasteiger partial charge on any atom is 0.328 e. The zero-order chi connectivity index (χ0) is 21.0. The van der Waals surface area contributed by atoms with Crippen LogP contribution in [-0.2, 0) is 14.3 Å². The Labute approximate surface area is 181 Å². The molecule has 0 aliphatic carbocycles. The fourth-order valence-electron chi connectivity index (χ4n) is 2.46. The molecule has 152 valence electrons. The van der Waals surface area contributed by atoms with Crippen LogP contribution in [0.3, 0.4) is 0 Å². The van der Waals surface area contributed by atoms with E-state index in [0.717, 1.165) is 26.7 Å². The van der Waals surface area contributed by atoms with Crippen molar-refractivity contribution in [1.29, 1.82) is 0 Å². The van der Waals surface area contributed by atoms with Crippen LogP contribution >= 0.6 is 34.4 Å². The number of carbonyl (C=O) groups excluding carboxylic acids is 3. The van der Waals surface area contributed by atoms with Gasteiger partial charge in [0.05, 0.1) is 28.8 Å². The number of thioether (sulfide) groups is 1. The number of benzene rings is 1. The Morgan fingerprint density at radius 1 is 1.29 bits per heavy atom. The molecule has 0 bridgehead atoms. The molecule has 2 amide bonds. The van der Waals surface area contributed by atoms with Crippen LogP contribution in [0.15, 0.2) is 17.0 Å². The summed E-state index contributed by atoms with van der Waals surface area (Å²) in [6.45, 7) is 5.46. The fourth-order valence-corrected chi connectivity index (χ4v) is 4.12. The van der Waals surface area contributed by atoms with Gasteiger partial charge in [-0.2, -0.15) is 0 Å². The normalized spacial score (nSPS) is 17.6. The van der Waals surface area contributed by atoms with Crippen LogP contribution < -0.4 is 9.47 Å². The van der Waals surface area contributed by atoms with Gasteiger partial charge in [0.2, 0.25) is 0 Å². The molecule has 1 fully saturated rings. The van der Waals surface area contributed by atoms with E-state index in [1.54, 1.807) is 19.3 Å². The van der Waals surface area contributed by atoms with Crippen molar-refractivity contribution in [3.05, 3.63) is 26.2 Å². The van der Waals surface area contributed by atoms with Crippen molar-refractivity contribution in [3.63, 3.8) is 0 Å². The van der Waals surface area contributed by atoms with Gasteiger partial charge in [0.1, 0.15) is 6.04 Å². The smallest absolute Gasteiger partial charge is 0.328 e. The SMILES string of the molecule is CC[C@H](C)Oc1c(I)cc(/C=C2\SC(=O)N([C@H](C)C(=O)OC)C2=O)cc1OC. The van der Waals surface area contributed by atoms with E-state index in [0.29, 0.717) is 17.1 Å². The molecule has 0 unspecified atom stereocenters. The van der Waals surface area contributed by atoms with Gasteiger partial charge in [-0.1, -0.05) is 6.92 Å². The lowest BCUT2D eigenvalue weighted by molar-refractivity contribution is -0.148. The molecule has 0 saturated carbocycles. The fraction of sp³-hybridized carbons (Fsp3) is 0.421. The molecule has 9 heteroatoms. The van der Waals surface area contributed by atoms with Gasteiger partial charge in [-0.3, -0.25) is 14.5 Å². The summed E-state index contributed by atoms with van der Waals surface area (Å²) >= 11 is 2.93. The summed E-state index contributed by atoms with van der Waals surface area (Å²) in [5.41, 5.74) is 0.689. The van der Waals surface area contributed by atoms with Crippen molar-refractivity contribution in [2.75, 3.05) is 14.2 Å². The minimum Gasteiger partial charge on any atom is -0.493 e. The topological polar surface area (TPSA) is 82.1 Å². The summed E-state index contributed by atoms with van der Waals surface area (Å²) in [7, 11) is 2.76. The van der Waals surface area contributed by atoms with Gasteiger partial charge in [-0.25, -0.2) is 4.79 Å². The van der Waals surface area contributed by atoms with Gasteiger partial charge in [-0.15, -0.1) is 0 Å². The third-order valence-corrected chi connectivity index (χ3v) is 5.88. The Balaban J connectivity index is 2.35. The van der Waals surface area contributed by atoms with E-state index in [9.17, 15) is 14.4 Å². The Morgan fingerprint density at radius 2 is 1.96 bits per heavy atom. The van der Waals surface area contributed by atoms with Gasteiger partial charge >= 0.3 is 5.97 Å². The number of ether oxygens (including phenoxy) is 3. The van der Waals surface area contributed by atoms with E-state index in [1.165, 1.54) is 14.0 Å². The number of imide groups is 1. The number of halogens is 1. The minimum atomic E-state index is -0.982. The number of hydrogen-bond donors (Lipinski definition) is 0. The molecule has 2 atom stereocenters. The van der Waals surface area contributed by atoms with Gasteiger partial charge in [0.25, 0.3) is 11.1 Å². The highest BCUT2D eigenvalue weighted by Crippen LogP contribution is 2.38. The molecule has 0 radical (unpaired) electrons. The van der Waals surface area contributed by atoms with Gasteiger partial charge < -0.3 is 14.2 Å². The molecule has 0 aromatic heterocycles. The Hall–Kier alpha value is -1.75. The zero-order valence-electron chi connectivity index (χ0n) is 16.3. The molecule has 1 heterocycles. The van der Waals surface area contributed by atoms with E-state index in [1.807, 2.05) is 19.9 Å². The maximum absolute atomic E-state index is 12.6. The van der Waals surface area contributed by atoms with Crippen molar-refractivity contribution in [1.82, 2.24) is 4.90 Å². The molecule has 1 saturated heterocycles. The van der Waals surface area contributed by atoms with E-state index in [2.05, 4.69) is 27.3 Å². The monoisotopic (exact) mass is 519 g/mol. The van der Waals surface area contributed by atoms with Gasteiger partial charge in [-0.05, 0) is 78.4 Å². The second-order valence-corrected chi connectivity index (χ2v) is 8.28. The highest BCUT2D eigenvalue weighted by Gasteiger charge is 2.41. The van der Waals surface area contributed by atoms with Crippen molar-refractivity contribution < 1.29 is 28.6 Å². The number of nitrogens with zero attached hydrogens (tertiary/aromatic N) is 1. The van der Waals surface area contributed by atoms with Crippen molar-refractivity contribution in [2.45, 2.75) is 39.3 Å². The molecular weight excluding hydrogens is 497 g/mol. The molecule has 0 spiro atoms. The molecule has 7 nitrogen and oxygen atoms in total. The number of esters is 1. The van der Waals surface area contributed by atoms with Crippen molar-refractivity contribution >= 4 is 57.5 Å². The van der Waals surface area contributed by atoms with Crippen LogP contribution in [0.25, 0.3) is 6.08 Å². The summed E-state index contributed by atoms with van der Waals surface area (Å²) in [4.78, 5) is 37.7. The predicted octanol–water partition coefficient (Wildman–Crippen LogP) is 4.07. The second-order valence-electron chi connectivity index (χ2n) is 6.12. The van der Waals surface area contributed by atoms with Gasteiger partial charge in [0.15, 0.2) is 11.5 Å². The largest absolute Gasteiger partial charge is 0.493 e. The lowest BCUT2D eigenvalue weighted by atomic mass is 10.1. The molecular formula is C19H22INO6S. The lowest BCUT2D eigenvalue weighted by Crippen LogP contribution is -2.42. The van der Waals surface area contributed by atoms with Gasteiger partial charge in [0, 0.05) is 0 Å². The average Bonchev–Trinajstić information content (AvgIpc) is 2.95. The van der Waals surface area contributed by atoms with E-state index in [4.69, 9.17) is 9.47 Å². The van der Waals surface area contributed by atoms with Crippen LogP contribution in [0.5, 0.6) is 11.5 Å². The molecule has 28 heavy (non-hydrogen) atoms. The average molecular weight is 519 g/mol. The van der Waals surface area contributed by atoms with Crippen LogP contribution in [0.1, 0.15) is 32.8 Å². The first-order valence-electron chi connectivity index (χ1n) is 8.62. The molecule has 1 aromatic rings. The number of amides is 2. The lowest BCUT2D eigenvalue weighted by Gasteiger charge is -2.18. The third kappa shape index (κ3) is 4.80. The number of carbonyl (C=O) groups is 3. The summed E-state index contributed by atoms with van der Waals surface area (Å²) < 4.78 is 16.8. The second kappa shape index (κ2) is 9.64. The first kappa shape index (κ1) is 22.5. The van der Waals surface area contributed by atoms with E-state index in [-0.39, 0.29) is 11.0 Å². The summed E-state index contributed by atoms with van der Waals surface area (Å²) in [6.07, 6.45) is 2.49. The van der Waals surface area contributed by atoms with Crippen molar-refractivity contribution in [2.24, 2.45) is 0 Å². The number of methoxy groups -OCH3 is 2. The van der Waals surface area contributed by atoms with E-state index < -0.39 is 23.2 Å². The highest BCUT2D eigenvalue weighted by atomic mass is 127. The molecule has 1 aromatic carbocycles. The third-order valence-electron chi connectivity index (χ3n) is 4.20. The molecule has 2 rings (SSSR count). The van der Waals surface area contributed by atoms with E-state index >= 15 is 0 Å². The summed E-state index contributed by atoms with van der Waals surface area (Å²) in [6, 6.07) is 2.61. The number of hydrogen-bond acceptors (Lipinski definition) is 7. The summed E-state index contributed by atoms with van der Waals surface area (Å²) in [5, 5.41) is -0.507. The quantitative estimate of drug-likeness (QED) is 0.305. The Kier molecular flexibility index (Phi) is 7.76. The van der Waals surface area contributed by atoms with Crippen LogP contribution in [0, 0.1) is 3.57 Å². The van der Waals surface area contributed by atoms with Crippen molar-refractivity contribution in [3.8, 4) is 11.5 Å². The predicted molar refractivity (Wildman–Crippen MR) is 115 cm³/mol.